The highest BCUT2D eigenvalue weighted by Gasteiger charge is 2.49. The molecule has 1 fully saturated rings. The molecule has 1 heterocycles. The van der Waals surface area contributed by atoms with Gasteiger partial charge in [0.2, 0.25) is 0 Å². The summed E-state index contributed by atoms with van der Waals surface area (Å²) in [6.45, 7) is 22.2. The Hall–Kier alpha value is 0.668. The summed E-state index contributed by atoms with van der Waals surface area (Å²) in [5.74, 6) is 0. The first kappa shape index (κ1) is 22.7. The van der Waals surface area contributed by atoms with Crippen molar-refractivity contribution in [3.05, 3.63) is 0 Å². The fourth-order valence-corrected chi connectivity index (χ4v) is 17.0. The van der Waals surface area contributed by atoms with Crippen LogP contribution in [0.2, 0.25) is 65.0 Å². The van der Waals surface area contributed by atoms with Crippen molar-refractivity contribution in [1.82, 2.24) is 0 Å². The largest absolute Gasteiger partial charge is 0.469 e. The molecule has 0 radical (unpaired) electrons. The molecule has 1 rings (SSSR count). The summed E-state index contributed by atoms with van der Waals surface area (Å²) < 4.78 is 30.8. The van der Waals surface area contributed by atoms with E-state index >= 15 is 0 Å². The molecule has 0 amide bonds. The number of rotatable bonds is 12. The van der Waals surface area contributed by atoms with Crippen LogP contribution in [0, 0.1) is 0 Å². The molecule has 0 saturated carbocycles. The molecule has 9 heteroatoms. The van der Waals surface area contributed by atoms with Crippen molar-refractivity contribution in [2.24, 2.45) is 0 Å². The predicted molar refractivity (Wildman–Crippen MR) is 109 cm³/mol. The first-order chi connectivity index (χ1) is 10.7. The fourth-order valence-electron chi connectivity index (χ4n) is 2.38. The van der Waals surface area contributed by atoms with Crippen LogP contribution in [0.15, 0.2) is 0 Å². The Morgan fingerprint density at radius 2 is 1.21 bits per heavy atom. The van der Waals surface area contributed by atoms with Gasteiger partial charge in [-0.1, -0.05) is 0 Å². The first-order valence-corrected chi connectivity index (χ1v) is 21.2. The lowest BCUT2D eigenvalue weighted by molar-refractivity contribution is 0.114. The molecule has 0 aromatic heterocycles. The topological polar surface area (TPSA) is 49.5 Å². The van der Waals surface area contributed by atoms with Crippen LogP contribution in [0.1, 0.15) is 6.42 Å². The molecular weight excluding hydrogens is 373 g/mol. The zero-order chi connectivity index (χ0) is 18.6. The molecule has 144 valence electrons. The van der Waals surface area contributed by atoms with Gasteiger partial charge in [0.15, 0.2) is 25.0 Å². The van der Waals surface area contributed by atoms with Crippen LogP contribution < -0.4 is 0 Å². The van der Waals surface area contributed by atoms with Gasteiger partial charge < -0.3 is 21.8 Å². The van der Waals surface area contributed by atoms with Crippen molar-refractivity contribution in [3.8, 4) is 0 Å². The van der Waals surface area contributed by atoms with E-state index in [0.29, 0.717) is 19.3 Å². The third-order valence-corrected chi connectivity index (χ3v) is 14.9. The van der Waals surface area contributed by atoms with Gasteiger partial charge >= 0.3 is 8.80 Å². The van der Waals surface area contributed by atoms with Crippen molar-refractivity contribution in [2.45, 2.75) is 77.5 Å². The summed E-state index contributed by atoms with van der Waals surface area (Å²) in [4.78, 5) is 0. The maximum absolute atomic E-state index is 6.64. The van der Waals surface area contributed by atoms with E-state index in [-0.39, 0.29) is 0 Å². The third-order valence-electron chi connectivity index (χ3n) is 2.86. The Balaban J connectivity index is 2.77. The van der Waals surface area contributed by atoms with Crippen molar-refractivity contribution in [3.63, 3.8) is 0 Å². The number of epoxide rings is 1. The van der Waals surface area contributed by atoms with E-state index in [1.165, 1.54) is 0 Å². The SMILES string of the molecule is C[Si](C)(C)O[Si](CCCOCC1CO1)(O[Si](C)(C)C)O[Si](C)(C)C. The Morgan fingerprint density at radius 3 is 1.54 bits per heavy atom. The smallest absolute Gasteiger partial charge is 0.417 e. The lowest BCUT2D eigenvalue weighted by Crippen LogP contribution is -2.60. The second-order valence-electron chi connectivity index (χ2n) is 9.46. The van der Waals surface area contributed by atoms with E-state index in [1.54, 1.807) is 0 Å². The van der Waals surface area contributed by atoms with E-state index < -0.39 is 33.8 Å². The van der Waals surface area contributed by atoms with Crippen LogP contribution in [-0.4, -0.2) is 59.7 Å². The molecule has 1 aliphatic rings. The molecule has 24 heavy (non-hydrogen) atoms. The molecule has 0 aromatic rings. The molecule has 5 nitrogen and oxygen atoms in total. The second kappa shape index (κ2) is 8.57. The van der Waals surface area contributed by atoms with Crippen LogP contribution in [-0.2, 0) is 21.8 Å². The molecule has 0 aromatic carbocycles. The molecular formula is C15H38O5Si4. The zero-order valence-electron chi connectivity index (χ0n) is 17.2. The maximum atomic E-state index is 6.64. The van der Waals surface area contributed by atoms with E-state index in [1.807, 2.05) is 0 Å². The van der Waals surface area contributed by atoms with Gasteiger partial charge in [0.1, 0.15) is 6.10 Å². The molecule has 0 spiro atoms. The van der Waals surface area contributed by atoms with Crippen LogP contribution >= 0.6 is 0 Å². The number of hydrogen-bond acceptors (Lipinski definition) is 5. The quantitative estimate of drug-likeness (QED) is 0.273. The highest BCUT2D eigenvalue weighted by Crippen LogP contribution is 2.29. The van der Waals surface area contributed by atoms with E-state index in [2.05, 4.69) is 58.9 Å². The molecule has 1 unspecified atom stereocenters. The summed E-state index contributed by atoms with van der Waals surface area (Å²) in [7, 11) is -8.01. The third kappa shape index (κ3) is 11.3. The minimum atomic E-state index is -2.69. The van der Waals surface area contributed by atoms with Gasteiger partial charge in [-0.25, -0.2) is 0 Å². The van der Waals surface area contributed by atoms with E-state index in [0.717, 1.165) is 19.1 Å². The highest BCUT2D eigenvalue weighted by molar-refractivity contribution is 6.90. The van der Waals surface area contributed by atoms with E-state index in [4.69, 9.17) is 21.8 Å². The van der Waals surface area contributed by atoms with Crippen LogP contribution in [0.25, 0.3) is 0 Å². The summed E-state index contributed by atoms with van der Waals surface area (Å²) in [5, 5.41) is 0. The van der Waals surface area contributed by atoms with Gasteiger partial charge in [0.05, 0.1) is 13.2 Å². The van der Waals surface area contributed by atoms with Gasteiger partial charge in [-0.05, 0) is 65.3 Å². The van der Waals surface area contributed by atoms with Crippen LogP contribution in [0.3, 0.4) is 0 Å². The fraction of sp³-hybridized carbons (Fsp3) is 1.00. The summed E-state index contributed by atoms with van der Waals surface area (Å²) >= 11 is 0. The Morgan fingerprint density at radius 1 is 0.792 bits per heavy atom. The summed E-state index contributed by atoms with van der Waals surface area (Å²) in [6, 6.07) is 0.845. The Kier molecular flexibility index (Phi) is 8.11. The molecule has 0 aliphatic carbocycles. The van der Waals surface area contributed by atoms with Gasteiger partial charge in [-0.2, -0.15) is 0 Å². The normalized spacial score (nSPS) is 19.6. The average Bonchev–Trinajstić information content (AvgIpc) is 3.04. The minimum Gasteiger partial charge on any atom is -0.417 e. The molecule has 0 N–H and O–H groups in total. The molecule has 1 saturated heterocycles. The standard InChI is InChI=1S/C15H38O5Si4/c1-21(2,3)18-24(19-22(4,5)6,20-23(7,8)9)12-10-11-16-13-15-14-17-15/h15H,10-14H2,1-9H3. The Labute approximate surface area is 153 Å². The minimum absolute atomic E-state index is 0.321. The van der Waals surface area contributed by atoms with Crippen LogP contribution in [0.4, 0.5) is 0 Å². The summed E-state index contributed by atoms with van der Waals surface area (Å²) in [6.07, 6.45) is 1.24. The average molecular weight is 411 g/mol. The maximum Gasteiger partial charge on any atom is 0.469 e. The van der Waals surface area contributed by atoms with Crippen molar-refractivity contribution >= 4 is 33.8 Å². The predicted octanol–water partition coefficient (Wildman–Crippen LogP) is 4.29. The van der Waals surface area contributed by atoms with Gasteiger partial charge in [0.25, 0.3) is 0 Å². The molecule has 1 atom stereocenters. The molecule has 0 bridgehead atoms. The number of hydrogen-bond donors (Lipinski definition) is 0. The lowest BCUT2D eigenvalue weighted by atomic mass is 10.5. The van der Waals surface area contributed by atoms with Gasteiger partial charge in [-0.15, -0.1) is 0 Å². The first-order valence-electron chi connectivity index (χ1n) is 9.00. The van der Waals surface area contributed by atoms with Gasteiger partial charge in [-0.3, -0.25) is 0 Å². The highest BCUT2D eigenvalue weighted by atomic mass is 28.5. The number of ether oxygens (including phenoxy) is 2. The van der Waals surface area contributed by atoms with Crippen molar-refractivity contribution in [1.29, 1.82) is 0 Å². The lowest BCUT2D eigenvalue weighted by Gasteiger charge is -2.42. The zero-order valence-corrected chi connectivity index (χ0v) is 21.2. The second-order valence-corrected chi connectivity index (χ2v) is 26.4. The molecule has 1 aliphatic heterocycles. The Bertz CT molecular complexity index is 342. The monoisotopic (exact) mass is 410 g/mol. The van der Waals surface area contributed by atoms with Gasteiger partial charge in [0, 0.05) is 12.7 Å². The van der Waals surface area contributed by atoms with Crippen molar-refractivity contribution < 1.29 is 21.8 Å². The van der Waals surface area contributed by atoms with E-state index in [9.17, 15) is 0 Å². The van der Waals surface area contributed by atoms with Crippen molar-refractivity contribution in [2.75, 3.05) is 19.8 Å². The summed E-state index contributed by atoms with van der Waals surface area (Å²) in [5.41, 5.74) is 0. The van der Waals surface area contributed by atoms with Crippen LogP contribution in [0.5, 0.6) is 0 Å².